The highest BCUT2D eigenvalue weighted by molar-refractivity contribution is 5.94. The van der Waals surface area contributed by atoms with Crippen molar-refractivity contribution in [2.45, 2.75) is 13.3 Å². The maximum absolute atomic E-state index is 12.6. The molecule has 0 saturated carbocycles. The van der Waals surface area contributed by atoms with Crippen LogP contribution >= 0.6 is 0 Å². The number of anilines is 1. The van der Waals surface area contributed by atoms with Crippen LogP contribution in [0.2, 0.25) is 0 Å². The number of rotatable bonds is 1. The number of pyridine rings is 1. The topological polar surface area (TPSA) is 66.7 Å². The zero-order valence-corrected chi connectivity index (χ0v) is 11.1. The number of urea groups is 1. The van der Waals surface area contributed by atoms with Gasteiger partial charge >= 0.3 is 6.03 Å². The molecule has 2 amide bonds. The van der Waals surface area contributed by atoms with Crippen LogP contribution in [0.3, 0.4) is 0 Å². The molecule has 1 fully saturated rings. The minimum Gasteiger partial charge on any atom is -0.312 e. The number of carbonyl (C=O) groups excluding carboxylic acids is 1. The summed E-state index contributed by atoms with van der Waals surface area (Å²) in [7, 11) is 0. The predicted octanol–water partition coefficient (Wildman–Crippen LogP) is 1.44. The molecule has 3 rings (SSSR count). The molecule has 0 atom stereocenters. The molecule has 1 saturated heterocycles. The summed E-state index contributed by atoms with van der Waals surface area (Å²) in [5.41, 5.74) is 1.86. The lowest BCUT2D eigenvalue weighted by Gasteiger charge is -2.28. The Hall–Kier alpha value is -2.63. The van der Waals surface area contributed by atoms with Crippen LogP contribution in [0.1, 0.15) is 12.1 Å². The second-order valence-electron chi connectivity index (χ2n) is 4.72. The van der Waals surface area contributed by atoms with Gasteiger partial charge in [-0.2, -0.15) is 0 Å². The predicted molar refractivity (Wildman–Crippen MR) is 75.8 cm³/mol. The number of nitrogens with zero attached hydrogens (tertiary/aromatic N) is 3. The molecule has 1 aliphatic rings. The second-order valence-corrected chi connectivity index (χ2v) is 4.72. The highest BCUT2D eigenvalue weighted by Crippen LogP contribution is 2.18. The van der Waals surface area contributed by atoms with Crippen molar-refractivity contribution in [3.05, 3.63) is 52.7 Å². The Bertz CT molecular complexity index is 778. The summed E-state index contributed by atoms with van der Waals surface area (Å²) in [4.78, 5) is 30.4. The number of nitrogens with one attached hydrogen (secondary N) is 1. The van der Waals surface area contributed by atoms with Gasteiger partial charge in [0.1, 0.15) is 11.3 Å². The molecule has 6 heteroatoms. The van der Waals surface area contributed by atoms with Crippen molar-refractivity contribution in [3.63, 3.8) is 0 Å². The molecule has 1 aliphatic heterocycles. The summed E-state index contributed by atoms with van der Waals surface area (Å²) in [6, 6.07) is 5.00. The molecular weight excluding hydrogens is 256 g/mol. The first-order valence-electron chi connectivity index (χ1n) is 6.32. The first kappa shape index (κ1) is 12.4. The molecule has 0 spiro atoms. The third kappa shape index (κ3) is 1.85. The Morgan fingerprint density at radius 3 is 2.90 bits per heavy atom. The first-order chi connectivity index (χ1) is 9.58. The minimum absolute atomic E-state index is 0.240. The molecule has 0 aliphatic carbocycles. The summed E-state index contributed by atoms with van der Waals surface area (Å²) in [6.45, 7) is 5.90. The molecule has 1 N–H and O–H groups in total. The van der Waals surface area contributed by atoms with Crippen molar-refractivity contribution in [3.8, 4) is 0 Å². The number of fused-ring (bicyclic) bond motifs is 1. The molecule has 2 aromatic rings. The maximum atomic E-state index is 12.6. The standard InChI is InChI=1S/C14H14N4O2/c1-9-6-8-18(14(20)15-9)12-10(2)16-11-5-3-4-7-17(11)13(12)19/h3-5,7H,1,6,8H2,2H3,(H,15,20). The van der Waals surface area contributed by atoms with E-state index in [2.05, 4.69) is 16.9 Å². The fourth-order valence-corrected chi connectivity index (χ4v) is 2.34. The fraction of sp³-hybridized carbons (Fsp3) is 0.214. The summed E-state index contributed by atoms with van der Waals surface area (Å²) in [6.07, 6.45) is 2.26. The van der Waals surface area contributed by atoms with E-state index in [1.807, 2.05) is 6.07 Å². The van der Waals surface area contributed by atoms with Gasteiger partial charge in [-0.15, -0.1) is 0 Å². The van der Waals surface area contributed by atoms with Gasteiger partial charge in [0.15, 0.2) is 0 Å². The third-order valence-corrected chi connectivity index (χ3v) is 3.32. The van der Waals surface area contributed by atoms with E-state index in [-0.39, 0.29) is 11.6 Å². The molecule has 6 nitrogen and oxygen atoms in total. The zero-order chi connectivity index (χ0) is 14.3. The largest absolute Gasteiger partial charge is 0.326 e. The maximum Gasteiger partial charge on any atom is 0.326 e. The van der Waals surface area contributed by atoms with Crippen molar-refractivity contribution < 1.29 is 4.79 Å². The van der Waals surface area contributed by atoms with Crippen LogP contribution in [-0.4, -0.2) is 22.0 Å². The van der Waals surface area contributed by atoms with E-state index in [9.17, 15) is 9.59 Å². The van der Waals surface area contributed by atoms with E-state index in [1.54, 1.807) is 25.3 Å². The van der Waals surface area contributed by atoms with Crippen LogP contribution in [-0.2, 0) is 0 Å². The van der Waals surface area contributed by atoms with Crippen LogP contribution in [0.5, 0.6) is 0 Å². The van der Waals surface area contributed by atoms with Crippen LogP contribution < -0.4 is 15.8 Å². The number of hydrogen-bond donors (Lipinski definition) is 1. The Kier molecular flexibility index (Phi) is 2.78. The SMILES string of the molecule is C=C1CCN(c2c(C)nc3ccccn3c2=O)C(=O)N1. The molecule has 0 aromatic carbocycles. The highest BCUT2D eigenvalue weighted by atomic mass is 16.2. The Morgan fingerprint density at radius 1 is 1.35 bits per heavy atom. The molecule has 102 valence electrons. The molecule has 2 aromatic heterocycles. The number of aromatic nitrogens is 2. The van der Waals surface area contributed by atoms with Crippen molar-refractivity contribution in [1.29, 1.82) is 0 Å². The molecule has 0 radical (unpaired) electrons. The van der Waals surface area contributed by atoms with Gasteiger partial charge in [0.2, 0.25) is 0 Å². The van der Waals surface area contributed by atoms with Crippen LogP contribution in [0.4, 0.5) is 10.5 Å². The number of amides is 2. The van der Waals surface area contributed by atoms with E-state index in [4.69, 9.17) is 0 Å². The molecule has 3 heterocycles. The van der Waals surface area contributed by atoms with Gasteiger partial charge in [0.25, 0.3) is 5.56 Å². The molecular formula is C14H14N4O2. The van der Waals surface area contributed by atoms with Crippen molar-refractivity contribution in [2.24, 2.45) is 0 Å². The molecule has 0 unspecified atom stereocenters. The van der Waals surface area contributed by atoms with E-state index >= 15 is 0 Å². The minimum atomic E-state index is -0.334. The zero-order valence-electron chi connectivity index (χ0n) is 11.1. The van der Waals surface area contributed by atoms with E-state index in [0.717, 1.165) is 0 Å². The van der Waals surface area contributed by atoms with Crippen molar-refractivity contribution in [2.75, 3.05) is 11.4 Å². The van der Waals surface area contributed by atoms with E-state index < -0.39 is 0 Å². The third-order valence-electron chi connectivity index (χ3n) is 3.32. The van der Waals surface area contributed by atoms with Crippen molar-refractivity contribution in [1.82, 2.24) is 14.7 Å². The van der Waals surface area contributed by atoms with Crippen LogP contribution in [0, 0.1) is 6.92 Å². The number of hydrogen-bond acceptors (Lipinski definition) is 3. The first-order valence-corrected chi connectivity index (χ1v) is 6.32. The van der Waals surface area contributed by atoms with Gasteiger partial charge in [0.05, 0.1) is 5.69 Å². The van der Waals surface area contributed by atoms with Gasteiger partial charge in [-0.3, -0.25) is 14.1 Å². The molecule has 0 bridgehead atoms. The van der Waals surface area contributed by atoms with Crippen LogP contribution in [0.25, 0.3) is 5.65 Å². The summed E-state index contributed by atoms with van der Waals surface area (Å²) >= 11 is 0. The van der Waals surface area contributed by atoms with Crippen LogP contribution in [0.15, 0.2) is 41.5 Å². The lowest BCUT2D eigenvalue weighted by Crippen LogP contribution is -2.47. The monoisotopic (exact) mass is 270 g/mol. The van der Waals surface area contributed by atoms with E-state index in [1.165, 1.54) is 9.30 Å². The number of carbonyl (C=O) groups is 1. The number of aryl methyl sites for hydroxylation is 1. The lowest BCUT2D eigenvalue weighted by atomic mass is 10.2. The Balaban J connectivity index is 2.19. The quantitative estimate of drug-likeness (QED) is 0.852. The van der Waals surface area contributed by atoms with Crippen molar-refractivity contribution >= 4 is 17.4 Å². The average Bonchev–Trinajstić information content (AvgIpc) is 2.41. The summed E-state index contributed by atoms with van der Waals surface area (Å²) in [5.74, 6) is 0. The van der Waals surface area contributed by atoms with Gasteiger partial charge in [-0.1, -0.05) is 12.6 Å². The average molecular weight is 270 g/mol. The fourth-order valence-electron chi connectivity index (χ4n) is 2.34. The summed E-state index contributed by atoms with van der Waals surface area (Å²) in [5, 5.41) is 2.65. The van der Waals surface area contributed by atoms with Gasteiger partial charge in [-0.05, 0) is 19.1 Å². The van der Waals surface area contributed by atoms with Gasteiger partial charge < -0.3 is 5.32 Å². The normalized spacial score (nSPS) is 15.6. The highest BCUT2D eigenvalue weighted by Gasteiger charge is 2.26. The van der Waals surface area contributed by atoms with E-state index in [0.29, 0.717) is 35.7 Å². The summed E-state index contributed by atoms with van der Waals surface area (Å²) < 4.78 is 1.44. The second kappa shape index (κ2) is 4.48. The Morgan fingerprint density at radius 2 is 2.15 bits per heavy atom. The lowest BCUT2D eigenvalue weighted by molar-refractivity contribution is 0.246. The molecule has 20 heavy (non-hydrogen) atoms. The smallest absolute Gasteiger partial charge is 0.312 e. The van der Waals surface area contributed by atoms with Gasteiger partial charge in [-0.25, -0.2) is 9.78 Å². The Labute approximate surface area is 115 Å². The van der Waals surface area contributed by atoms with Gasteiger partial charge in [0, 0.05) is 24.9 Å².